The number of para-hydroxylation sites is 1. The monoisotopic (exact) mass is 354 g/mol. The Morgan fingerprint density at radius 2 is 1.72 bits per heavy atom. The van der Waals surface area contributed by atoms with E-state index in [1.54, 1.807) is 36.4 Å². The van der Waals surface area contributed by atoms with Crippen molar-refractivity contribution in [3.63, 3.8) is 0 Å². The van der Waals surface area contributed by atoms with Crippen LogP contribution in [0.4, 0.5) is 11.5 Å². The van der Waals surface area contributed by atoms with Crippen molar-refractivity contribution < 1.29 is 14.3 Å². The lowest BCUT2D eigenvalue weighted by atomic mass is 10.2. The minimum atomic E-state index is -0.482. The van der Waals surface area contributed by atoms with Crippen LogP contribution in [0.15, 0.2) is 66.7 Å². The zero-order valence-electron chi connectivity index (χ0n) is 13.4. The first-order chi connectivity index (χ1) is 12.2. The third-order valence-electron chi connectivity index (χ3n) is 3.35. The van der Waals surface area contributed by atoms with Gasteiger partial charge in [-0.25, -0.2) is 4.79 Å². The van der Waals surface area contributed by atoms with Gasteiger partial charge >= 0.3 is 5.97 Å². The number of aromatic nitrogens is 1. The summed E-state index contributed by atoms with van der Waals surface area (Å²) in [6, 6.07) is 19.6. The second kappa shape index (κ2) is 7.68. The minimum Gasteiger partial charge on any atom is -0.465 e. The predicted octanol–water partition coefficient (Wildman–Crippen LogP) is 5.06. The van der Waals surface area contributed by atoms with Crippen LogP contribution in [0.3, 0.4) is 0 Å². The van der Waals surface area contributed by atoms with Gasteiger partial charge in [0, 0.05) is 16.8 Å². The van der Waals surface area contributed by atoms with E-state index >= 15 is 0 Å². The van der Waals surface area contributed by atoms with Crippen LogP contribution >= 0.6 is 11.6 Å². The lowest BCUT2D eigenvalue weighted by molar-refractivity contribution is 0.0601. The number of nitrogens with zero attached hydrogens (tertiary/aromatic N) is 1. The van der Waals surface area contributed by atoms with Gasteiger partial charge in [0.25, 0.3) is 0 Å². The largest absolute Gasteiger partial charge is 0.465 e. The van der Waals surface area contributed by atoms with Crippen molar-refractivity contribution in [3.8, 4) is 11.6 Å². The molecule has 0 saturated heterocycles. The van der Waals surface area contributed by atoms with Gasteiger partial charge in [0.15, 0.2) is 0 Å². The highest BCUT2D eigenvalue weighted by Crippen LogP contribution is 2.26. The predicted molar refractivity (Wildman–Crippen MR) is 96.8 cm³/mol. The average molecular weight is 355 g/mol. The summed E-state index contributed by atoms with van der Waals surface area (Å²) in [6.07, 6.45) is 0. The molecule has 0 aliphatic rings. The van der Waals surface area contributed by atoms with E-state index in [1.165, 1.54) is 7.11 Å². The highest BCUT2D eigenvalue weighted by Gasteiger charge is 2.15. The van der Waals surface area contributed by atoms with Crippen molar-refractivity contribution in [1.82, 2.24) is 4.98 Å². The second-order valence-electron chi connectivity index (χ2n) is 5.08. The normalized spacial score (nSPS) is 10.2. The molecule has 3 rings (SSSR count). The third-order valence-corrected chi connectivity index (χ3v) is 3.60. The highest BCUT2D eigenvalue weighted by atomic mass is 35.5. The van der Waals surface area contributed by atoms with E-state index in [-0.39, 0.29) is 0 Å². The molecule has 1 N–H and O–H groups in total. The quantitative estimate of drug-likeness (QED) is 0.649. The number of esters is 1. The molecule has 0 radical (unpaired) electrons. The number of nitrogens with one attached hydrogen (secondary N) is 1. The standard InChI is InChI=1S/C19H15ClN2O3/c1-24-19(23)16-11-12-17(25-15-9-7-13(20)8-10-15)22-18(16)21-14-5-3-2-4-6-14/h2-12H,1H3,(H,21,22). The summed E-state index contributed by atoms with van der Waals surface area (Å²) < 4.78 is 10.5. The van der Waals surface area contributed by atoms with Crippen molar-refractivity contribution >= 4 is 29.1 Å². The molecule has 25 heavy (non-hydrogen) atoms. The number of hydrogen-bond acceptors (Lipinski definition) is 5. The molecule has 126 valence electrons. The number of benzene rings is 2. The number of pyridine rings is 1. The van der Waals surface area contributed by atoms with Gasteiger partial charge in [-0.3, -0.25) is 0 Å². The van der Waals surface area contributed by atoms with E-state index in [0.717, 1.165) is 5.69 Å². The summed E-state index contributed by atoms with van der Waals surface area (Å²) in [6.45, 7) is 0. The molecule has 1 heterocycles. The fourth-order valence-electron chi connectivity index (χ4n) is 2.15. The Bertz CT molecular complexity index is 868. The van der Waals surface area contributed by atoms with E-state index in [1.807, 2.05) is 30.3 Å². The zero-order valence-corrected chi connectivity index (χ0v) is 14.2. The molecule has 0 amide bonds. The molecule has 3 aromatic rings. The first-order valence-corrected chi connectivity index (χ1v) is 7.88. The van der Waals surface area contributed by atoms with Crippen molar-refractivity contribution in [2.75, 3.05) is 12.4 Å². The van der Waals surface area contributed by atoms with E-state index in [0.29, 0.717) is 28.0 Å². The van der Waals surface area contributed by atoms with Crippen LogP contribution in [0.25, 0.3) is 0 Å². The fraction of sp³-hybridized carbons (Fsp3) is 0.0526. The number of hydrogen-bond donors (Lipinski definition) is 1. The van der Waals surface area contributed by atoms with Crippen LogP contribution in [0.1, 0.15) is 10.4 Å². The molecule has 2 aromatic carbocycles. The summed E-state index contributed by atoms with van der Waals surface area (Å²) >= 11 is 5.87. The molecule has 0 aliphatic heterocycles. The Morgan fingerprint density at radius 1 is 1.00 bits per heavy atom. The lowest BCUT2D eigenvalue weighted by Crippen LogP contribution is -2.08. The molecule has 6 heteroatoms. The van der Waals surface area contributed by atoms with E-state index in [9.17, 15) is 4.79 Å². The maximum Gasteiger partial charge on any atom is 0.341 e. The van der Waals surface area contributed by atoms with Crippen molar-refractivity contribution in [2.45, 2.75) is 0 Å². The maximum atomic E-state index is 12.0. The Morgan fingerprint density at radius 3 is 2.40 bits per heavy atom. The molecule has 0 bridgehead atoms. The number of halogens is 1. The topological polar surface area (TPSA) is 60.5 Å². The smallest absolute Gasteiger partial charge is 0.341 e. The van der Waals surface area contributed by atoms with Gasteiger partial charge in [-0.15, -0.1) is 0 Å². The third kappa shape index (κ3) is 4.28. The molecule has 0 saturated carbocycles. The van der Waals surface area contributed by atoms with Crippen LogP contribution in [-0.4, -0.2) is 18.1 Å². The first-order valence-electron chi connectivity index (χ1n) is 7.50. The van der Waals surface area contributed by atoms with Gasteiger partial charge in [0.2, 0.25) is 5.88 Å². The summed E-state index contributed by atoms with van der Waals surface area (Å²) in [7, 11) is 1.33. The Balaban J connectivity index is 1.91. The number of ether oxygens (including phenoxy) is 2. The van der Waals surface area contributed by atoms with E-state index < -0.39 is 5.97 Å². The molecule has 1 aromatic heterocycles. The van der Waals surface area contributed by atoms with Gasteiger partial charge in [0.05, 0.1) is 7.11 Å². The second-order valence-corrected chi connectivity index (χ2v) is 5.52. The summed E-state index contributed by atoms with van der Waals surface area (Å²) in [5, 5.41) is 3.73. The molecule has 5 nitrogen and oxygen atoms in total. The maximum absolute atomic E-state index is 12.0. The molecule has 0 unspecified atom stereocenters. The zero-order chi connectivity index (χ0) is 17.6. The SMILES string of the molecule is COC(=O)c1ccc(Oc2ccc(Cl)cc2)nc1Nc1ccccc1. The summed E-state index contributed by atoms with van der Waals surface area (Å²) in [5.41, 5.74) is 1.11. The molecule has 0 spiro atoms. The van der Waals surface area contributed by atoms with Crippen molar-refractivity contribution in [1.29, 1.82) is 0 Å². The van der Waals surface area contributed by atoms with Crippen LogP contribution < -0.4 is 10.1 Å². The van der Waals surface area contributed by atoms with Crippen molar-refractivity contribution in [3.05, 3.63) is 77.3 Å². The minimum absolute atomic E-state index is 0.315. The van der Waals surface area contributed by atoms with Crippen molar-refractivity contribution in [2.24, 2.45) is 0 Å². The molecule has 0 aliphatic carbocycles. The fourth-order valence-corrected chi connectivity index (χ4v) is 2.28. The van der Waals surface area contributed by atoms with E-state index in [2.05, 4.69) is 10.3 Å². The number of carbonyl (C=O) groups excluding carboxylic acids is 1. The molecule has 0 fully saturated rings. The van der Waals surface area contributed by atoms with Gasteiger partial charge < -0.3 is 14.8 Å². The number of anilines is 2. The Kier molecular flexibility index (Phi) is 5.16. The van der Waals surface area contributed by atoms with Crippen LogP contribution in [0.2, 0.25) is 5.02 Å². The number of rotatable bonds is 5. The number of carbonyl (C=O) groups is 1. The molecule has 0 atom stereocenters. The summed E-state index contributed by atoms with van der Waals surface area (Å²) in [5.74, 6) is 0.801. The molecular weight excluding hydrogens is 340 g/mol. The molecular formula is C19H15ClN2O3. The first kappa shape index (κ1) is 16.8. The summed E-state index contributed by atoms with van der Waals surface area (Å²) in [4.78, 5) is 16.4. The lowest BCUT2D eigenvalue weighted by Gasteiger charge is -2.12. The Hall–Kier alpha value is -3.05. The van der Waals surface area contributed by atoms with Crippen LogP contribution in [-0.2, 0) is 4.74 Å². The van der Waals surface area contributed by atoms with Crippen LogP contribution in [0.5, 0.6) is 11.6 Å². The van der Waals surface area contributed by atoms with Gasteiger partial charge in [-0.1, -0.05) is 29.8 Å². The van der Waals surface area contributed by atoms with Gasteiger partial charge in [0.1, 0.15) is 17.1 Å². The average Bonchev–Trinajstić information content (AvgIpc) is 2.64. The van der Waals surface area contributed by atoms with Crippen LogP contribution in [0, 0.1) is 0 Å². The number of methoxy groups -OCH3 is 1. The highest BCUT2D eigenvalue weighted by molar-refractivity contribution is 6.30. The van der Waals surface area contributed by atoms with Gasteiger partial charge in [-0.2, -0.15) is 4.98 Å². The van der Waals surface area contributed by atoms with Gasteiger partial charge in [-0.05, 0) is 42.5 Å². The Labute approximate surface area is 150 Å². The van der Waals surface area contributed by atoms with E-state index in [4.69, 9.17) is 21.1 Å².